The van der Waals surface area contributed by atoms with Crippen LogP contribution in [0.2, 0.25) is 0 Å². The fourth-order valence-corrected chi connectivity index (χ4v) is 1.58. The predicted molar refractivity (Wildman–Crippen MR) is 71.8 cm³/mol. The smallest absolute Gasteiger partial charge is 0.223 e. The van der Waals surface area contributed by atoms with Crippen molar-refractivity contribution < 1.29 is 13.9 Å². The largest absolute Gasteiger partial charge is 0.378 e. The summed E-state index contributed by atoms with van der Waals surface area (Å²) in [6.07, 6.45) is 0.228. The first kappa shape index (κ1) is 15.6. The van der Waals surface area contributed by atoms with Crippen molar-refractivity contribution in [2.24, 2.45) is 5.73 Å². The third-order valence-corrected chi connectivity index (χ3v) is 2.97. The summed E-state index contributed by atoms with van der Waals surface area (Å²) in [5, 5.41) is 2.68. The Balaban J connectivity index is 2.55. The predicted octanol–water partition coefficient (Wildman–Crippen LogP) is 1.72. The molecule has 4 nitrogen and oxygen atoms in total. The maximum Gasteiger partial charge on any atom is 0.223 e. The molecule has 1 amide bonds. The van der Waals surface area contributed by atoms with Crippen LogP contribution in [0.1, 0.15) is 31.4 Å². The van der Waals surface area contributed by atoms with Crippen LogP contribution in [0, 0.1) is 5.82 Å². The van der Waals surface area contributed by atoms with Crippen LogP contribution in [-0.4, -0.2) is 18.6 Å². The normalized spacial score (nSPS) is 11.4. The molecule has 5 heteroatoms. The minimum atomic E-state index is -0.522. The van der Waals surface area contributed by atoms with Crippen molar-refractivity contribution in [1.82, 2.24) is 5.32 Å². The zero-order valence-electron chi connectivity index (χ0n) is 11.6. The van der Waals surface area contributed by atoms with Crippen molar-refractivity contribution in [1.29, 1.82) is 0 Å². The monoisotopic (exact) mass is 268 g/mol. The summed E-state index contributed by atoms with van der Waals surface area (Å²) >= 11 is 0. The van der Waals surface area contributed by atoms with Gasteiger partial charge in [0.1, 0.15) is 5.82 Å². The number of rotatable bonds is 6. The van der Waals surface area contributed by atoms with E-state index >= 15 is 0 Å². The van der Waals surface area contributed by atoms with E-state index in [1.807, 2.05) is 13.8 Å². The first-order valence-corrected chi connectivity index (χ1v) is 6.17. The molecule has 0 fully saturated rings. The highest BCUT2D eigenvalue weighted by Gasteiger charge is 2.20. The third kappa shape index (κ3) is 4.96. The molecule has 0 saturated carbocycles. The number of benzene rings is 1. The maximum atomic E-state index is 13.7. The number of carbonyl (C=O) groups excluding carboxylic acids is 1. The van der Waals surface area contributed by atoms with Gasteiger partial charge in [0, 0.05) is 25.8 Å². The van der Waals surface area contributed by atoms with Crippen LogP contribution in [0.4, 0.5) is 4.39 Å². The van der Waals surface area contributed by atoms with E-state index < -0.39 is 5.60 Å². The van der Waals surface area contributed by atoms with Gasteiger partial charge in [-0.15, -0.1) is 0 Å². The number of ether oxygens (including phenoxy) is 1. The molecular formula is C14H21FN2O2. The topological polar surface area (TPSA) is 64.3 Å². The molecule has 0 bridgehead atoms. The molecule has 106 valence electrons. The van der Waals surface area contributed by atoms with Crippen molar-refractivity contribution in [3.05, 3.63) is 35.1 Å². The van der Waals surface area contributed by atoms with Crippen LogP contribution < -0.4 is 11.1 Å². The highest BCUT2D eigenvalue weighted by molar-refractivity contribution is 5.76. The zero-order chi connectivity index (χ0) is 14.5. The summed E-state index contributed by atoms with van der Waals surface area (Å²) in [5.74, 6) is -0.525. The molecule has 1 aromatic rings. The lowest BCUT2D eigenvalue weighted by Gasteiger charge is -2.22. The Labute approximate surface area is 113 Å². The summed E-state index contributed by atoms with van der Waals surface area (Å²) < 4.78 is 18.8. The van der Waals surface area contributed by atoms with E-state index in [-0.39, 0.29) is 24.7 Å². The lowest BCUT2D eigenvalue weighted by atomic mass is 10.0. The molecule has 0 atom stereocenters. The van der Waals surface area contributed by atoms with E-state index in [0.717, 1.165) is 5.56 Å². The lowest BCUT2D eigenvalue weighted by molar-refractivity contribution is -0.126. The molecule has 0 saturated heterocycles. The summed E-state index contributed by atoms with van der Waals surface area (Å²) in [6, 6.07) is 4.78. The van der Waals surface area contributed by atoms with E-state index in [0.29, 0.717) is 12.1 Å². The Kier molecular flexibility index (Phi) is 5.44. The van der Waals surface area contributed by atoms with Gasteiger partial charge >= 0.3 is 0 Å². The molecule has 1 aromatic carbocycles. The van der Waals surface area contributed by atoms with Gasteiger partial charge in [-0.05, 0) is 25.5 Å². The van der Waals surface area contributed by atoms with E-state index in [1.165, 1.54) is 6.07 Å². The first-order valence-electron chi connectivity index (χ1n) is 6.17. The molecule has 19 heavy (non-hydrogen) atoms. The Bertz CT molecular complexity index is 447. The molecule has 1 rings (SSSR count). The van der Waals surface area contributed by atoms with Crippen molar-refractivity contribution in [3.8, 4) is 0 Å². The minimum Gasteiger partial charge on any atom is -0.378 e. The number of carbonyl (C=O) groups is 1. The van der Waals surface area contributed by atoms with Gasteiger partial charge in [0.25, 0.3) is 0 Å². The van der Waals surface area contributed by atoms with Gasteiger partial charge in [0.05, 0.1) is 12.0 Å². The molecular weight excluding hydrogens is 247 g/mol. The molecule has 0 aliphatic carbocycles. The highest BCUT2D eigenvalue weighted by atomic mass is 19.1. The second-order valence-electron chi connectivity index (χ2n) is 5.05. The van der Waals surface area contributed by atoms with Crippen LogP contribution in [0.15, 0.2) is 18.2 Å². The van der Waals surface area contributed by atoms with E-state index in [4.69, 9.17) is 10.5 Å². The van der Waals surface area contributed by atoms with Crippen molar-refractivity contribution in [3.63, 3.8) is 0 Å². The summed E-state index contributed by atoms with van der Waals surface area (Å²) in [4.78, 5) is 11.7. The van der Waals surface area contributed by atoms with Gasteiger partial charge in [-0.2, -0.15) is 0 Å². The molecule has 3 N–H and O–H groups in total. The van der Waals surface area contributed by atoms with Gasteiger partial charge in [-0.1, -0.05) is 12.1 Å². The van der Waals surface area contributed by atoms with Crippen LogP contribution in [0.5, 0.6) is 0 Å². The number of amides is 1. The number of hydrogen-bond acceptors (Lipinski definition) is 3. The second-order valence-corrected chi connectivity index (χ2v) is 5.05. The number of nitrogens with one attached hydrogen (secondary N) is 1. The number of hydrogen-bond donors (Lipinski definition) is 2. The SMILES string of the molecule is COC(C)(C)CC(=O)NCc1ccc(CN)cc1F. The molecule has 0 heterocycles. The number of halogens is 1. The zero-order valence-corrected chi connectivity index (χ0v) is 11.6. The van der Waals surface area contributed by atoms with Crippen LogP contribution in [0.3, 0.4) is 0 Å². The van der Waals surface area contributed by atoms with E-state index in [1.54, 1.807) is 19.2 Å². The van der Waals surface area contributed by atoms with Gasteiger partial charge in [-0.25, -0.2) is 4.39 Å². The van der Waals surface area contributed by atoms with Crippen LogP contribution in [0.25, 0.3) is 0 Å². The van der Waals surface area contributed by atoms with Gasteiger partial charge in [-0.3, -0.25) is 4.79 Å². The molecule has 0 aromatic heterocycles. The van der Waals surface area contributed by atoms with Crippen molar-refractivity contribution in [2.75, 3.05) is 7.11 Å². The lowest BCUT2D eigenvalue weighted by Crippen LogP contribution is -2.33. The molecule has 0 spiro atoms. The molecule has 0 aliphatic heterocycles. The van der Waals surface area contributed by atoms with Crippen molar-refractivity contribution >= 4 is 5.91 Å². The first-order chi connectivity index (χ1) is 8.88. The van der Waals surface area contributed by atoms with Gasteiger partial charge in [0.15, 0.2) is 0 Å². The van der Waals surface area contributed by atoms with E-state index in [2.05, 4.69) is 5.32 Å². The quantitative estimate of drug-likeness (QED) is 0.825. The Morgan fingerprint density at radius 1 is 1.47 bits per heavy atom. The summed E-state index contributed by atoms with van der Waals surface area (Å²) in [5.41, 5.74) is 6.08. The fraction of sp³-hybridized carbons (Fsp3) is 0.500. The Morgan fingerprint density at radius 2 is 2.16 bits per heavy atom. The molecule has 0 aliphatic rings. The molecule has 0 unspecified atom stereocenters. The highest BCUT2D eigenvalue weighted by Crippen LogP contribution is 2.13. The second kappa shape index (κ2) is 6.63. The maximum absolute atomic E-state index is 13.7. The number of methoxy groups -OCH3 is 1. The average molecular weight is 268 g/mol. The van der Waals surface area contributed by atoms with Crippen molar-refractivity contribution in [2.45, 2.75) is 39.0 Å². The van der Waals surface area contributed by atoms with Crippen LogP contribution in [-0.2, 0) is 22.6 Å². The average Bonchev–Trinajstić information content (AvgIpc) is 2.36. The van der Waals surface area contributed by atoms with Crippen LogP contribution >= 0.6 is 0 Å². The Morgan fingerprint density at radius 3 is 2.68 bits per heavy atom. The number of nitrogens with two attached hydrogens (primary N) is 1. The van der Waals surface area contributed by atoms with Gasteiger partial charge in [0.2, 0.25) is 5.91 Å². The summed E-state index contributed by atoms with van der Waals surface area (Å²) in [6.45, 7) is 4.10. The minimum absolute atomic E-state index is 0.162. The third-order valence-electron chi connectivity index (χ3n) is 2.97. The molecule has 0 radical (unpaired) electrons. The van der Waals surface area contributed by atoms with Gasteiger partial charge < -0.3 is 15.8 Å². The fourth-order valence-electron chi connectivity index (χ4n) is 1.58. The van der Waals surface area contributed by atoms with E-state index in [9.17, 15) is 9.18 Å². The summed E-state index contributed by atoms with van der Waals surface area (Å²) in [7, 11) is 1.55. The Hall–Kier alpha value is -1.46. The standard InChI is InChI=1S/C14H21FN2O2/c1-14(2,19-3)7-13(18)17-9-11-5-4-10(8-16)6-12(11)15/h4-6H,7-9,16H2,1-3H3,(H,17,18).